The predicted molar refractivity (Wildman–Crippen MR) is 121 cm³/mol. The highest BCUT2D eigenvalue weighted by molar-refractivity contribution is 7.95. The van der Waals surface area contributed by atoms with Gasteiger partial charge in [0.05, 0.1) is 5.75 Å². The van der Waals surface area contributed by atoms with Gasteiger partial charge in [0, 0.05) is 18.2 Å². The minimum atomic E-state index is -3.91. The smallest absolute Gasteiger partial charge is 0.328 e. The van der Waals surface area contributed by atoms with Crippen molar-refractivity contribution in [3.63, 3.8) is 0 Å². The number of benzene rings is 1. The Morgan fingerprint density at radius 1 is 1.00 bits per heavy atom. The summed E-state index contributed by atoms with van der Waals surface area (Å²) in [5.74, 6) is -2.52. The monoisotopic (exact) mass is 520 g/mol. The standard InChI is InChI=1S/C15H20N2O5S3.C4H4O4/c1-2-17-13(11-3-5-12(18)6-4-11)9-10-24(19,20)14-7-8-15(23-14)25(16,21)22;5-3(6)1-2-4(7)8/h3-8,13,17-18H,2,9-10H2,1H3,(H2,16,21,22);1-2H,(H,5,6)(H,7,8). The first-order valence-corrected chi connectivity index (χ1v) is 13.3. The lowest BCUT2D eigenvalue weighted by Gasteiger charge is -2.18. The number of phenols is 1. The molecular weight excluding hydrogens is 496 g/mol. The van der Waals surface area contributed by atoms with E-state index in [1.807, 2.05) is 6.92 Å². The van der Waals surface area contributed by atoms with Gasteiger partial charge in [0.1, 0.15) is 14.2 Å². The molecule has 0 saturated heterocycles. The van der Waals surface area contributed by atoms with Gasteiger partial charge < -0.3 is 20.6 Å². The van der Waals surface area contributed by atoms with Crippen LogP contribution in [0.1, 0.15) is 24.9 Å². The van der Waals surface area contributed by atoms with E-state index in [-0.39, 0.29) is 26.0 Å². The summed E-state index contributed by atoms with van der Waals surface area (Å²) in [6.45, 7) is 2.57. The van der Waals surface area contributed by atoms with E-state index in [1.54, 1.807) is 24.3 Å². The van der Waals surface area contributed by atoms with Gasteiger partial charge in [-0.15, -0.1) is 11.3 Å². The molecule has 0 bridgehead atoms. The third-order valence-corrected chi connectivity index (χ3v) is 8.79. The molecule has 1 atom stereocenters. The second-order valence-electron chi connectivity index (χ2n) is 6.44. The zero-order valence-corrected chi connectivity index (χ0v) is 19.9. The third-order valence-electron chi connectivity index (χ3n) is 3.93. The van der Waals surface area contributed by atoms with Crippen molar-refractivity contribution in [2.75, 3.05) is 12.3 Å². The van der Waals surface area contributed by atoms with Gasteiger partial charge in [-0.05, 0) is 42.8 Å². The largest absolute Gasteiger partial charge is 0.508 e. The van der Waals surface area contributed by atoms with Crippen molar-refractivity contribution in [2.24, 2.45) is 5.14 Å². The van der Waals surface area contributed by atoms with Crippen molar-refractivity contribution in [3.8, 4) is 5.75 Å². The molecule has 0 fully saturated rings. The van der Waals surface area contributed by atoms with Crippen molar-refractivity contribution >= 4 is 43.1 Å². The van der Waals surface area contributed by atoms with Gasteiger partial charge >= 0.3 is 11.9 Å². The molecule has 0 amide bonds. The van der Waals surface area contributed by atoms with Crippen molar-refractivity contribution in [1.29, 1.82) is 0 Å². The first-order valence-electron chi connectivity index (χ1n) is 9.28. The summed E-state index contributed by atoms with van der Waals surface area (Å²) in [4.78, 5) is 19.1. The van der Waals surface area contributed by atoms with Crippen LogP contribution in [0, 0.1) is 0 Å². The number of sulfonamides is 1. The number of phenolic OH excluding ortho intramolecular Hbond substituents is 1. The minimum absolute atomic E-state index is 0.0162. The average molecular weight is 521 g/mol. The van der Waals surface area contributed by atoms with Gasteiger partial charge in [-0.2, -0.15) is 0 Å². The number of hydrogen-bond donors (Lipinski definition) is 5. The molecule has 1 unspecified atom stereocenters. The van der Waals surface area contributed by atoms with Crippen LogP contribution >= 0.6 is 11.3 Å². The fraction of sp³-hybridized carbons (Fsp3) is 0.263. The highest BCUT2D eigenvalue weighted by Crippen LogP contribution is 2.28. The van der Waals surface area contributed by atoms with Crippen molar-refractivity contribution in [2.45, 2.75) is 27.8 Å². The molecular formula is C19H24N2O9S3. The summed E-state index contributed by atoms with van der Waals surface area (Å²) in [7, 11) is -7.53. The quantitative estimate of drug-likeness (QED) is 0.284. The molecule has 1 aromatic carbocycles. The maximum Gasteiger partial charge on any atom is 0.328 e. The number of primary sulfonamides is 1. The van der Waals surface area contributed by atoms with Crippen LogP contribution in [-0.2, 0) is 29.4 Å². The molecule has 0 spiro atoms. The summed E-state index contributed by atoms with van der Waals surface area (Å²) < 4.78 is 47.4. The van der Waals surface area contributed by atoms with Crippen LogP contribution in [0.5, 0.6) is 5.75 Å². The van der Waals surface area contributed by atoms with Gasteiger partial charge in [0.25, 0.3) is 0 Å². The number of carboxylic acids is 2. The van der Waals surface area contributed by atoms with Crippen molar-refractivity contribution in [1.82, 2.24) is 5.32 Å². The number of thiophene rings is 1. The van der Waals surface area contributed by atoms with Crippen LogP contribution in [0.15, 0.2) is 57.0 Å². The zero-order chi connectivity index (χ0) is 25.2. The van der Waals surface area contributed by atoms with Crippen LogP contribution in [0.3, 0.4) is 0 Å². The number of aliphatic carboxylic acids is 2. The van der Waals surface area contributed by atoms with E-state index in [4.69, 9.17) is 15.4 Å². The lowest BCUT2D eigenvalue weighted by atomic mass is 10.0. The molecule has 1 aromatic heterocycles. The van der Waals surface area contributed by atoms with Crippen LogP contribution in [0.4, 0.5) is 0 Å². The van der Waals surface area contributed by atoms with Gasteiger partial charge in [0.15, 0.2) is 9.84 Å². The Bertz CT molecular complexity index is 1170. The molecule has 2 rings (SSSR count). The molecule has 2 aromatic rings. The number of aromatic hydroxyl groups is 1. The summed E-state index contributed by atoms with van der Waals surface area (Å²) >= 11 is 0.655. The average Bonchev–Trinajstić information content (AvgIpc) is 3.23. The molecule has 33 heavy (non-hydrogen) atoms. The number of nitrogens with two attached hydrogens (primary N) is 1. The summed E-state index contributed by atoms with van der Waals surface area (Å²) in [5, 5.41) is 33.2. The minimum Gasteiger partial charge on any atom is -0.508 e. The lowest BCUT2D eigenvalue weighted by molar-refractivity contribution is -0.134. The van der Waals surface area contributed by atoms with Gasteiger partial charge in [-0.25, -0.2) is 31.6 Å². The normalized spacial score (nSPS) is 12.7. The van der Waals surface area contributed by atoms with Gasteiger partial charge in [0.2, 0.25) is 10.0 Å². The lowest BCUT2D eigenvalue weighted by Crippen LogP contribution is -2.23. The Balaban J connectivity index is 0.000000582. The van der Waals surface area contributed by atoms with Crippen molar-refractivity contribution in [3.05, 3.63) is 54.1 Å². The maximum atomic E-state index is 12.5. The number of nitrogens with one attached hydrogen (secondary N) is 1. The van der Waals surface area contributed by atoms with E-state index in [2.05, 4.69) is 5.32 Å². The van der Waals surface area contributed by atoms with Crippen LogP contribution in [-0.4, -0.2) is 56.4 Å². The highest BCUT2D eigenvalue weighted by atomic mass is 32.3. The Morgan fingerprint density at radius 2 is 1.52 bits per heavy atom. The van der Waals surface area contributed by atoms with E-state index in [1.165, 1.54) is 12.1 Å². The maximum absolute atomic E-state index is 12.5. The molecule has 14 heteroatoms. The van der Waals surface area contributed by atoms with Gasteiger partial charge in [-0.3, -0.25) is 0 Å². The Labute approximate surface area is 195 Å². The van der Waals surface area contributed by atoms with Crippen LogP contribution in [0.25, 0.3) is 0 Å². The zero-order valence-electron chi connectivity index (χ0n) is 17.4. The Hall–Kier alpha value is -2.78. The van der Waals surface area contributed by atoms with Crippen molar-refractivity contribution < 1.29 is 41.7 Å². The second kappa shape index (κ2) is 12.5. The number of carbonyl (C=O) groups is 2. The number of sulfone groups is 1. The summed E-state index contributed by atoms with van der Waals surface area (Å²) in [6.07, 6.45) is 1.42. The Morgan fingerprint density at radius 3 is 1.94 bits per heavy atom. The highest BCUT2D eigenvalue weighted by Gasteiger charge is 2.22. The fourth-order valence-corrected chi connectivity index (χ4v) is 6.15. The molecule has 1 heterocycles. The Kier molecular flexibility index (Phi) is 10.7. The number of carboxylic acid groups (broad SMARTS) is 2. The SMILES string of the molecule is CCNC(CCS(=O)(=O)c1ccc(S(N)(=O)=O)s1)c1ccc(O)cc1.O=C(O)C=CC(=O)O. The van der Waals surface area contributed by atoms with E-state index in [9.17, 15) is 31.5 Å². The molecule has 6 N–H and O–H groups in total. The van der Waals surface area contributed by atoms with E-state index in [0.29, 0.717) is 36.5 Å². The first-order chi connectivity index (χ1) is 15.3. The van der Waals surface area contributed by atoms with E-state index >= 15 is 0 Å². The molecule has 0 aliphatic heterocycles. The van der Waals surface area contributed by atoms with Crippen LogP contribution in [0.2, 0.25) is 0 Å². The van der Waals surface area contributed by atoms with E-state index in [0.717, 1.165) is 5.56 Å². The topological polar surface area (TPSA) is 201 Å². The molecule has 0 aliphatic rings. The third kappa shape index (κ3) is 10.1. The fourth-order valence-electron chi connectivity index (χ4n) is 2.48. The van der Waals surface area contributed by atoms with Crippen LogP contribution < -0.4 is 10.5 Å². The first kappa shape index (κ1) is 28.3. The molecule has 0 radical (unpaired) electrons. The number of hydrogen-bond acceptors (Lipinski definition) is 9. The second-order valence-corrected chi connectivity index (χ2v) is 11.6. The predicted octanol–water partition coefficient (Wildman–Crippen LogP) is 1.33. The molecule has 0 aliphatic carbocycles. The van der Waals surface area contributed by atoms with Gasteiger partial charge in [-0.1, -0.05) is 19.1 Å². The number of rotatable bonds is 10. The molecule has 11 nitrogen and oxygen atoms in total. The molecule has 0 saturated carbocycles. The summed E-state index contributed by atoms with van der Waals surface area (Å²) in [6, 6.07) is 8.84. The van der Waals surface area contributed by atoms with E-state index < -0.39 is 31.8 Å². The summed E-state index contributed by atoms with van der Waals surface area (Å²) in [5.41, 5.74) is 0.867. The molecule has 182 valence electrons.